The number of carboxylic acid groups (broad SMARTS) is 1. The number of hydrogen-bond donors (Lipinski definition) is 5. The zero-order valence-corrected chi connectivity index (χ0v) is 21.8. The molecular formula is C28H38N4O5. The van der Waals surface area contributed by atoms with Gasteiger partial charge in [0.2, 0.25) is 17.7 Å². The maximum absolute atomic E-state index is 13.2. The van der Waals surface area contributed by atoms with Crippen LogP contribution in [0.3, 0.4) is 0 Å². The fraction of sp³-hybridized carbons (Fsp3) is 0.429. The highest BCUT2D eigenvalue weighted by Gasteiger charge is 2.33. The molecule has 0 aliphatic carbocycles. The van der Waals surface area contributed by atoms with Crippen LogP contribution < -0.4 is 21.7 Å². The van der Waals surface area contributed by atoms with Crippen molar-refractivity contribution in [1.29, 1.82) is 0 Å². The van der Waals surface area contributed by atoms with Crippen LogP contribution in [0.2, 0.25) is 0 Å². The minimum Gasteiger partial charge on any atom is -0.480 e. The van der Waals surface area contributed by atoms with E-state index in [4.69, 9.17) is 5.73 Å². The van der Waals surface area contributed by atoms with Gasteiger partial charge >= 0.3 is 5.97 Å². The van der Waals surface area contributed by atoms with Gasteiger partial charge in [0.25, 0.3) is 0 Å². The van der Waals surface area contributed by atoms with E-state index >= 15 is 0 Å². The van der Waals surface area contributed by atoms with Crippen molar-refractivity contribution < 1.29 is 24.3 Å². The number of carbonyl (C=O) groups excluding carboxylic acids is 3. The molecule has 0 heterocycles. The first-order valence-corrected chi connectivity index (χ1v) is 12.5. The molecule has 2 aromatic carbocycles. The van der Waals surface area contributed by atoms with Crippen LogP contribution >= 0.6 is 0 Å². The summed E-state index contributed by atoms with van der Waals surface area (Å²) in [6.45, 7) is 7.04. The molecule has 0 aliphatic heterocycles. The molecule has 0 saturated carbocycles. The van der Waals surface area contributed by atoms with E-state index in [0.717, 1.165) is 11.1 Å². The van der Waals surface area contributed by atoms with Gasteiger partial charge in [0.1, 0.15) is 18.1 Å². The SMILES string of the molecule is CC(C)C(NC(=O)C(N)Cc1ccccc1)C(=O)NC(C(=O)NC(Cc1ccccc1)C(=O)O)C(C)C. The summed E-state index contributed by atoms with van der Waals surface area (Å²) >= 11 is 0. The molecule has 9 heteroatoms. The maximum atomic E-state index is 13.2. The van der Waals surface area contributed by atoms with Crippen molar-refractivity contribution in [3.05, 3.63) is 71.8 Å². The van der Waals surface area contributed by atoms with Crippen molar-refractivity contribution in [2.24, 2.45) is 17.6 Å². The quantitative estimate of drug-likeness (QED) is 0.276. The van der Waals surface area contributed by atoms with Gasteiger partial charge in [-0.05, 0) is 29.4 Å². The minimum absolute atomic E-state index is 0.102. The summed E-state index contributed by atoms with van der Waals surface area (Å²) in [4.78, 5) is 50.8. The third kappa shape index (κ3) is 9.34. The van der Waals surface area contributed by atoms with E-state index in [0.29, 0.717) is 6.42 Å². The summed E-state index contributed by atoms with van der Waals surface area (Å²) in [5, 5.41) is 17.6. The Labute approximate surface area is 218 Å². The molecule has 9 nitrogen and oxygen atoms in total. The molecule has 6 N–H and O–H groups in total. The first kappa shape index (κ1) is 29.5. The molecule has 0 aliphatic rings. The van der Waals surface area contributed by atoms with Gasteiger partial charge in [-0.25, -0.2) is 4.79 Å². The first-order valence-electron chi connectivity index (χ1n) is 12.5. The molecule has 37 heavy (non-hydrogen) atoms. The number of carboxylic acids is 1. The molecule has 0 aromatic heterocycles. The van der Waals surface area contributed by atoms with Crippen LogP contribution in [-0.2, 0) is 32.0 Å². The topological polar surface area (TPSA) is 151 Å². The van der Waals surface area contributed by atoms with Gasteiger partial charge in [-0.15, -0.1) is 0 Å². The Morgan fingerprint density at radius 3 is 1.51 bits per heavy atom. The fourth-order valence-electron chi connectivity index (χ4n) is 3.85. The van der Waals surface area contributed by atoms with Gasteiger partial charge in [-0.1, -0.05) is 88.4 Å². The van der Waals surface area contributed by atoms with Crippen molar-refractivity contribution in [2.45, 2.75) is 64.7 Å². The molecule has 0 saturated heterocycles. The van der Waals surface area contributed by atoms with Gasteiger partial charge in [0, 0.05) is 6.42 Å². The molecule has 3 amide bonds. The van der Waals surface area contributed by atoms with Crippen molar-refractivity contribution in [3.8, 4) is 0 Å². The third-order valence-corrected chi connectivity index (χ3v) is 6.03. The van der Waals surface area contributed by atoms with Crippen molar-refractivity contribution in [2.75, 3.05) is 0 Å². The first-order chi connectivity index (χ1) is 17.5. The summed E-state index contributed by atoms with van der Waals surface area (Å²) in [6, 6.07) is 14.3. The molecule has 0 fully saturated rings. The summed E-state index contributed by atoms with van der Waals surface area (Å²) in [5.41, 5.74) is 7.74. The molecule has 4 unspecified atom stereocenters. The number of rotatable bonds is 13. The third-order valence-electron chi connectivity index (χ3n) is 6.03. The predicted octanol–water partition coefficient (Wildman–Crippen LogP) is 1.65. The van der Waals surface area contributed by atoms with E-state index in [2.05, 4.69) is 16.0 Å². The van der Waals surface area contributed by atoms with Gasteiger partial charge in [0.15, 0.2) is 0 Å². The normalized spacial score (nSPS) is 14.4. The Balaban J connectivity index is 2.06. The monoisotopic (exact) mass is 510 g/mol. The highest BCUT2D eigenvalue weighted by Crippen LogP contribution is 2.10. The van der Waals surface area contributed by atoms with E-state index in [1.54, 1.807) is 52.0 Å². The Morgan fingerprint density at radius 2 is 1.08 bits per heavy atom. The number of nitrogens with one attached hydrogen (secondary N) is 3. The molecule has 0 bridgehead atoms. The van der Waals surface area contributed by atoms with Crippen LogP contribution in [0.5, 0.6) is 0 Å². The number of amides is 3. The zero-order valence-electron chi connectivity index (χ0n) is 21.8. The van der Waals surface area contributed by atoms with Gasteiger partial charge < -0.3 is 26.8 Å². The highest BCUT2D eigenvalue weighted by atomic mass is 16.4. The molecule has 200 valence electrons. The average molecular weight is 511 g/mol. The Hall–Kier alpha value is -3.72. The lowest BCUT2D eigenvalue weighted by molar-refractivity contribution is -0.142. The van der Waals surface area contributed by atoms with Crippen LogP contribution in [0.1, 0.15) is 38.8 Å². The van der Waals surface area contributed by atoms with Crippen molar-refractivity contribution >= 4 is 23.7 Å². The van der Waals surface area contributed by atoms with E-state index in [-0.39, 0.29) is 18.3 Å². The predicted molar refractivity (Wildman–Crippen MR) is 141 cm³/mol. The van der Waals surface area contributed by atoms with Crippen LogP contribution in [0.15, 0.2) is 60.7 Å². The van der Waals surface area contributed by atoms with Crippen LogP contribution in [0.25, 0.3) is 0 Å². The number of benzene rings is 2. The lowest BCUT2D eigenvalue weighted by Crippen LogP contribution is -2.59. The molecule has 4 atom stereocenters. The average Bonchev–Trinajstić information content (AvgIpc) is 2.85. The molecule has 2 rings (SSSR count). The number of hydrogen-bond acceptors (Lipinski definition) is 5. The standard InChI is InChI=1S/C28H38N4O5/c1-17(2)23(26(34)30-22(28(36)37)16-20-13-9-6-10-14-20)32-27(35)24(18(3)4)31-25(33)21(29)15-19-11-7-5-8-12-19/h5-14,17-18,21-24H,15-16,29H2,1-4H3,(H,30,34)(H,31,33)(H,32,35)(H,36,37). The Kier molecular flexibility index (Phi) is 11.3. The lowest BCUT2D eigenvalue weighted by atomic mass is 9.98. The van der Waals surface area contributed by atoms with Crippen molar-refractivity contribution in [1.82, 2.24) is 16.0 Å². The molecular weight excluding hydrogens is 472 g/mol. The second kappa shape index (κ2) is 14.1. The molecule has 0 radical (unpaired) electrons. The number of carbonyl (C=O) groups is 4. The van der Waals surface area contributed by atoms with E-state index in [1.807, 2.05) is 36.4 Å². The van der Waals surface area contributed by atoms with Gasteiger partial charge in [-0.3, -0.25) is 14.4 Å². The summed E-state index contributed by atoms with van der Waals surface area (Å²) in [5.74, 6) is -3.42. The maximum Gasteiger partial charge on any atom is 0.326 e. The van der Waals surface area contributed by atoms with Gasteiger partial charge in [-0.2, -0.15) is 0 Å². The number of nitrogens with two attached hydrogens (primary N) is 1. The van der Waals surface area contributed by atoms with Gasteiger partial charge in [0.05, 0.1) is 6.04 Å². The van der Waals surface area contributed by atoms with E-state index < -0.39 is 47.9 Å². The largest absolute Gasteiger partial charge is 0.480 e. The highest BCUT2D eigenvalue weighted by molar-refractivity contribution is 5.94. The van der Waals surface area contributed by atoms with Crippen LogP contribution in [-0.4, -0.2) is 53.0 Å². The summed E-state index contributed by atoms with van der Waals surface area (Å²) in [7, 11) is 0. The van der Waals surface area contributed by atoms with Crippen molar-refractivity contribution in [3.63, 3.8) is 0 Å². The van der Waals surface area contributed by atoms with E-state index in [9.17, 15) is 24.3 Å². The van der Waals surface area contributed by atoms with Crippen LogP contribution in [0, 0.1) is 11.8 Å². The second-order valence-electron chi connectivity index (χ2n) is 9.85. The number of aliphatic carboxylic acids is 1. The zero-order chi connectivity index (χ0) is 27.5. The molecule has 2 aromatic rings. The summed E-state index contributed by atoms with van der Waals surface area (Å²) in [6.07, 6.45) is 0.415. The van der Waals surface area contributed by atoms with E-state index in [1.165, 1.54) is 0 Å². The lowest BCUT2D eigenvalue weighted by Gasteiger charge is -2.28. The van der Waals surface area contributed by atoms with Crippen LogP contribution in [0.4, 0.5) is 0 Å². The second-order valence-corrected chi connectivity index (χ2v) is 9.85. The smallest absolute Gasteiger partial charge is 0.326 e. The molecule has 0 spiro atoms. The summed E-state index contributed by atoms with van der Waals surface area (Å²) < 4.78 is 0. The fourth-order valence-corrected chi connectivity index (χ4v) is 3.85. The Morgan fingerprint density at radius 1 is 0.676 bits per heavy atom. The Bertz CT molecular complexity index is 1040. The minimum atomic E-state index is -1.18.